The van der Waals surface area contributed by atoms with Gasteiger partial charge in [-0.2, -0.15) is 0 Å². The Hall–Kier alpha value is -2.20. The van der Waals surface area contributed by atoms with Crippen molar-refractivity contribution in [2.45, 2.75) is 13.0 Å². The summed E-state index contributed by atoms with van der Waals surface area (Å²) in [6.07, 6.45) is 4.37. The number of imidazole rings is 1. The predicted octanol–water partition coefficient (Wildman–Crippen LogP) is 2.52. The average Bonchev–Trinajstić information content (AvgIpc) is 2.82. The second kappa shape index (κ2) is 4.82. The van der Waals surface area contributed by atoms with Crippen LogP contribution in [0.5, 0.6) is 0 Å². The van der Waals surface area contributed by atoms with Crippen molar-refractivity contribution in [3.05, 3.63) is 71.6 Å². The van der Waals surface area contributed by atoms with Crippen LogP contribution in [0, 0.1) is 5.82 Å². The van der Waals surface area contributed by atoms with Gasteiger partial charge in [0.05, 0.1) is 11.7 Å². The average molecular weight is 255 g/mol. The lowest BCUT2D eigenvalue weighted by molar-refractivity contribution is 0.625. The second-order valence-electron chi connectivity index (χ2n) is 4.47. The molecule has 0 aliphatic carbocycles. The highest BCUT2D eigenvalue weighted by molar-refractivity contribution is 5.54. The van der Waals surface area contributed by atoms with E-state index in [0.717, 1.165) is 22.5 Å². The van der Waals surface area contributed by atoms with E-state index in [1.807, 2.05) is 35.0 Å². The first kappa shape index (κ1) is 11.9. The standard InChI is InChI=1S/C15H14FN3/c16-13-5-1-3-11(7-13)8-15-18-10-14-12(9-17)4-2-6-19(14)15/h1-7,10H,8-9,17H2. The molecule has 0 saturated heterocycles. The summed E-state index contributed by atoms with van der Waals surface area (Å²) in [5, 5.41) is 0. The Bertz CT molecular complexity index is 718. The fourth-order valence-electron chi connectivity index (χ4n) is 2.27. The number of fused-ring (bicyclic) bond motifs is 1. The predicted molar refractivity (Wildman–Crippen MR) is 72.3 cm³/mol. The molecule has 0 unspecified atom stereocenters. The van der Waals surface area contributed by atoms with E-state index < -0.39 is 0 Å². The maximum absolute atomic E-state index is 13.2. The van der Waals surface area contributed by atoms with E-state index in [-0.39, 0.29) is 5.82 Å². The SMILES string of the molecule is NCc1cccn2c(Cc3cccc(F)c3)ncc12. The summed E-state index contributed by atoms with van der Waals surface area (Å²) in [4.78, 5) is 4.41. The maximum atomic E-state index is 13.2. The monoisotopic (exact) mass is 255 g/mol. The molecule has 0 spiro atoms. The zero-order chi connectivity index (χ0) is 13.2. The Morgan fingerprint density at radius 3 is 2.89 bits per heavy atom. The molecule has 3 aromatic rings. The van der Waals surface area contributed by atoms with Crippen molar-refractivity contribution < 1.29 is 4.39 Å². The molecule has 0 atom stereocenters. The van der Waals surface area contributed by atoms with Crippen LogP contribution < -0.4 is 5.73 Å². The van der Waals surface area contributed by atoms with Gasteiger partial charge in [0.25, 0.3) is 0 Å². The van der Waals surface area contributed by atoms with Crippen molar-refractivity contribution in [2.75, 3.05) is 0 Å². The van der Waals surface area contributed by atoms with Crippen LogP contribution in [0.3, 0.4) is 0 Å². The van der Waals surface area contributed by atoms with Crippen molar-refractivity contribution in [3.63, 3.8) is 0 Å². The minimum Gasteiger partial charge on any atom is -0.326 e. The van der Waals surface area contributed by atoms with E-state index in [0.29, 0.717) is 13.0 Å². The van der Waals surface area contributed by atoms with Gasteiger partial charge in [-0.25, -0.2) is 9.37 Å². The molecule has 0 amide bonds. The van der Waals surface area contributed by atoms with Crippen LogP contribution in [-0.2, 0) is 13.0 Å². The van der Waals surface area contributed by atoms with Crippen LogP contribution in [0.15, 0.2) is 48.8 Å². The van der Waals surface area contributed by atoms with Crippen LogP contribution >= 0.6 is 0 Å². The van der Waals surface area contributed by atoms with Gasteiger partial charge in [0, 0.05) is 19.2 Å². The number of hydrogen-bond acceptors (Lipinski definition) is 2. The number of pyridine rings is 1. The van der Waals surface area contributed by atoms with Crippen LogP contribution in [0.2, 0.25) is 0 Å². The fourth-order valence-corrected chi connectivity index (χ4v) is 2.27. The largest absolute Gasteiger partial charge is 0.326 e. The molecule has 19 heavy (non-hydrogen) atoms. The van der Waals surface area contributed by atoms with Crippen molar-refractivity contribution in [1.29, 1.82) is 0 Å². The molecular weight excluding hydrogens is 241 g/mol. The molecule has 0 fully saturated rings. The first-order valence-corrected chi connectivity index (χ1v) is 6.16. The minimum atomic E-state index is -0.221. The third-order valence-corrected chi connectivity index (χ3v) is 3.21. The third-order valence-electron chi connectivity index (χ3n) is 3.21. The summed E-state index contributed by atoms with van der Waals surface area (Å²) in [6, 6.07) is 10.5. The number of benzene rings is 1. The lowest BCUT2D eigenvalue weighted by atomic mass is 10.1. The lowest BCUT2D eigenvalue weighted by Crippen LogP contribution is -2.01. The van der Waals surface area contributed by atoms with Gasteiger partial charge >= 0.3 is 0 Å². The summed E-state index contributed by atoms with van der Waals surface area (Å²) in [6.45, 7) is 0.482. The molecule has 2 N–H and O–H groups in total. The summed E-state index contributed by atoms with van der Waals surface area (Å²) in [5.74, 6) is 0.664. The Morgan fingerprint density at radius 1 is 1.21 bits per heavy atom. The third kappa shape index (κ3) is 2.22. The quantitative estimate of drug-likeness (QED) is 0.781. The van der Waals surface area contributed by atoms with Gasteiger partial charge in [-0.15, -0.1) is 0 Å². The maximum Gasteiger partial charge on any atom is 0.123 e. The number of hydrogen-bond donors (Lipinski definition) is 1. The minimum absolute atomic E-state index is 0.221. The highest BCUT2D eigenvalue weighted by Crippen LogP contribution is 2.15. The van der Waals surface area contributed by atoms with E-state index in [9.17, 15) is 4.39 Å². The number of nitrogens with two attached hydrogens (primary N) is 1. The van der Waals surface area contributed by atoms with Gasteiger partial charge in [0.2, 0.25) is 0 Å². The molecule has 2 heterocycles. The molecule has 2 aromatic heterocycles. The Morgan fingerprint density at radius 2 is 2.11 bits per heavy atom. The molecule has 0 aliphatic heterocycles. The van der Waals surface area contributed by atoms with E-state index in [1.54, 1.807) is 6.07 Å². The fraction of sp³-hybridized carbons (Fsp3) is 0.133. The summed E-state index contributed by atoms with van der Waals surface area (Å²) < 4.78 is 15.2. The molecule has 0 bridgehead atoms. The topological polar surface area (TPSA) is 43.3 Å². The zero-order valence-electron chi connectivity index (χ0n) is 10.4. The second-order valence-corrected chi connectivity index (χ2v) is 4.47. The Labute approximate surface area is 110 Å². The van der Waals surface area contributed by atoms with Crippen molar-refractivity contribution in [1.82, 2.24) is 9.38 Å². The molecular formula is C15H14FN3. The van der Waals surface area contributed by atoms with Crippen LogP contribution in [0.25, 0.3) is 5.52 Å². The highest BCUT2D eigenvalue weighted by Gasteiger charge is 2.07. The number of halogens is 1. The summed E-state index contributed by atoms with van der Waals surface area (Å²) >= 11 is 0. The van der Waals surface area contributed by atoms with Crippen LogP contribution in [-0.4, -0.2) is 9.38 Å². The number of aromatic nitrogens is 2. The smallest absolute Gasteiger partial charge is 0.123 e. The molecule has 0 radical (unpaired) electrons. The van der Waals surface area contributed by atoms with E-state index in [1.165, 1.54) is 12.1 Å². The molecule has 1 aromatic carbocycles. The molecule has 0 saturated carbocycles. The number of nitrogens with zero attached hydrogens (tertiary/aromatic N) is 2. The van der Waals surface area contributed by atoms with Gasteiger partial charge in [0.1, 0.15) is 11.6 Å². The van der Waals surface area contributed by atoms with E-state index in [2.05, 4.69) is 4.98 Å². The van der Waals surface area contributed by atoms with Gasteiger partial charge in [-0.3, -0.25) is 0 Å². The van der Waals surface area contributed by atoms with Crippen molar-refractivity contribution in [2.24, 2.45) is 5.73 Å². The van der Waals surface area contributed by atoms with Gasteiger partial charge in [-0.05, 0) is 29.3 Å². The first-order chi connectivity index (χ1) is 9.28. The molecule has 3 nitrogen and oxygen atoms in total. The number of rotatable bonds is 3. The van der Waals surface area contributed by atoms with Crippen molar-refractivity contribution in [3.8, 4) is 0 Å². The normalized spacial score (nSPS) is 11.1. The first-order valence-electron chi connectivity index (χ1n) is 6.16. The van der Waals surface area contributed by atoms with Crippen molar-refractivity contribution >= 4 is 5.52 Å². The molecule has 3 rings (SSSR count). The molecule has 0 aliphatic rings. The summed E-state index contributed by atoms with van der Waals surface area (Å²) in [7, 11) is 0. The Balaban J connectivity index is 2.02. The Kier molecular flexibility index (Phi) is 3.01. The van der Waals surface area contributed by atoms with E-state index >= 15 is 0 Å². The molecule has 4 heteroatoms. The van der Waals surface area contributed by atoms with Crippen LogP contribution in [0.4, 0.5) is 4.39 Å². The van der Waals surface area contributed by atoms with Gasteiger partial charge in [0.15, 0.2) is 0 Å². The van der Waals surface area contributed by atoms with Gasteiger partial charge < -0.3 is 10.1 Å². The lowest BCUT2D eigenvalue weighted by Gasteiger charge is -2.04. The highest BCUT2D eigenvalue weighted by atomic mass is 19.1. The molecule has 96 valence electrons. The van der Waals surface area contributed by atoms with Gasteiger partial charge in [-0.1, -0.05) is 18.2 Å². The summed E-state index contributed by atoms with van der Waals surface area (Å²) in [5.41, 5.74) is 8.68. The van der Waals surface area contributed by atoms with E-state index in [4.69, 9.17) is 5.73 Å². The zero-order valence-corrected chi connectivity index (χ0v) is 10.4. The van der Waals surface area contributed by atoms with Crippen LogP contribution in [0.1, 0.15) is 17.0 Å².